The van der Waals surface area contributed by atoms with Crippen LogP contribution in [0, 0.1) is 13.8 Å². The van der Waals surface area contributed by atoms with E-state index in [0.717, 1.165) is 31.7 Å². The predicted molar refractivity (Wildman–Crippen MR) is 70.4 cm³/mol. The fourth-order valence-corrected chi connectivity index (χ4v) is 2.31. The normalized spacial score (nSPS) is 17.8. The van der Waals surface area contributed by atoms with E-state index >= 15 is 0 Å². The maximum Gasteiger partial charge on any atom is 0.228 e. The van der Waals surface area contributed by atoms with Crippen molar-refractivity contribution in [3.63, 3.8) is 0 Å². The minimum Gasteiger partial charge on any atom is -0.316 e. The van der Waals surface area contributed by atoms with Crippen molar-refractivity contribution >= 4 is 11.6 Å². The highest BCUT2D eigenvalue weighted by Gasteiger charge is 2.18. The number of hydrogen-bond acceptors (Lipinski definition) is 2. The van der Waals surface area contributed by atoms with Crippen molar-refractivity contribution in [1.82, 2.24) is 5.32 Å². The Balaban J connectivity index is 2.25. The molecule has 1 aliphatic heterocycles. The highest BCUT2D eigenvalue weighted by atomic mass is 16.2. The SMILES string of the molecule is Cc1ccc(N2CCCNCCC2=O)c(C)c1. The minimum absolute atomic E-state index is 0.226. The van der Waals surface area contributed by atoms with E-state index < -0.39 is 0 Å². The van der Waals surface area contributed by atoms with Crippen LogP contribution < -0.4 is 10.2 Å². The molecule has 1 heterocycles. The molecule has 0 aliphatic carbocycles. The molecule has 0 atom stereocenters. The zero-order chi connectivity index (χ0) is 12.3. The molecule has 0 spiro atoms. The summed E-state index contributed by atoms with van der Waals surface area (Å²) in [5.41, 5.74) is 3.50. The lowest BCUT2D eigenvalue weighted by Gasteiger charge is -2.27. The van der Waals surface area contributed by atoms with Crippen molar-refractivity contribution in [2.75, 3.05) is 24.5 Å². The first-order chi connectivity index (χ1) is 8.18. The van der Waals surface area contributed by atoms with Gasteiger partial charge in [-0.1, -0.05) is 17.7 Å². The Morgan fingerprint density at radius 1 is 1.24 bits per heavy atom. The topological polar surface area (TPSA) is 32.3 Å². The number of nitrogens with zero attached hydrogens (tertiary/aromatic N) is 1. The Morgan fingerprint density at radius 3 is 2.82 bits per heavy atom. The van der Waals surface area contributed by atoms with Gasteiger partial charge in [-0.15, -0.1) is 0 Å². The van der Waals surface area contributed by atoms with E-state index in [1.54, 1.807) is 0 Å². The van der Waals surface area contributed by atoms with Crippen molar-refractivity contribution in [2.45, 2.75) is 26.7 Å². The van der Waals surface area contributed by atoms with E-state index in [4.69, 9.17) is 0 Å². The fraction of sp³-hybridized carbons (Fsp3) is 0.500. The third-order valence-electron chi connectivity index (χ3n) is 3.20. The summed E-state index contributed by atoms with van der Waals surface area (Å²) in [7, 11) is 0. The van der Waals surface area contributed by atoms with E-state index in [-0.39, 0.29) is 5.91 Å². The molecular weight excluding hydrogens is 212 g/mol. The van der Waals surface area contributed by atoms with Crippen LogP contribution in [0.25, 0.3) is 0 Å². The van der Waals surface area contributed by atoms with Gasteiger partial charge in [0.15, 0.2) is 0 Å². The van der Waals surface area contributed by atoms with Gasteiger partial charge in [-0.25, -0.2) is 0 Å². The Kier molecular flexibility index (Phi) is 3.79. The number of anilines is 1. The number of rotatable bonds is 1. The molecule has 17 heavy (non-hydrogen) atoms. The quantitative estimate of drug-likeness (QED) is 0.803. The lowest BCUT2D eigenvalue weighted by molar-refractivity contribution is -0.118. The van der Waals surface area contributed by atoms with Crippen LogP contribution in [0.5, 0.6) is 0 Å². The van der Waals surface area contributed by atoms with Gasteiger partial charge >= 0.3 is 0 Å². The molecule has 1 amide bonds. The van der Waals surface area contributed by atoms with Crippen molar-refractivity contribution in [1.29, 1.82) is 0 Å². The van der Waals surface area contributed by atoms with Gasteiger partial charge in [0.2, 0.25) is 5.91 Å². The van der Waals surface area contributed by atoms with Crippen LogP contribution in [-0.4, -0.2) is 25.5 Å². The van der Waals surface area contributed by atoms with Crippen LogP contribution in [0.3, 0.4) is 0 Å². The van der Waals surface area contributed by atoms with Gasteiger partial charge < -0.3 is 10.2 Å². The Hall–Kier alpha value is -1.35. The molecule has 92 valence electrons. The predicted octanol–water partition coefficient (Wildman–Crippen LogP) is 2.02. The summed E-state index contributed by atoms with van der Waals surface area (Å²) < 4.78 is 0. The van der Waals surface area contributed by atoms with E-state index in [1.807, 2.05) is 4.90 Å². The fourth-order valence-electron chi connectivity index (χ4n) is 2.31. The van der Waals surface area contributed by atoms with Gasteiger partial charge in [-0.3, -0.25) is 4.79 Å². The molecule has 0 saturated carbocycles. The monoisotopic (exact) mass is 232 g/mol. The van der Waals surface area contributed by atoms with Gasteiger partial charge in [-0.2, -0.15) is 0 Å². The molecule has 1 N–H and O–H groups in total. The number of nitrogens with one attached hydrogen (secondary N) is 1. The molecule has 1 saturated heterocycles. The maximum atomic E-state index is 12.1. The largest absolute Gasteiger partial charge is 0.316 e. The van der Waals surface area contributed by atoms with Gasteiger partial charge in [0.25, 0.3) is 0 Å². The summed E-state index contributed by atoms with van der Waals surface area (Å²) >= 11 is 0. The summed E-state index contributed by atoms with van der Waals surface area (Å²) in [5.74, 6) is 0.226. The third kappa shape index (κ3) is 2.86. The number of hydrogen-bond donors (Lipinski definition) is 1. The molecular formula is C14H20N2O. The summed E-state index contributed by atoms with van der Waals surface area (Å²) in [6.07, 6.45) is 1.60. The van der Waals surface area contributed by atoms with Crippen LogP contribution in [0.2, 0.25) is 0 Å². The van der Waals surface area contributed by atoms with Crippen LogP contribution in [-0.2, 0) is 4.79 Å². The first-order valence-electron chi connectivity index (χ1n) is 6.27. The molecule has 0 radical (unpaired) electrons. The molecule has 0 unspecified atom stereocenters. The van der Waals surface area contributed by atoms with Crippen molar-refractivity contribution in [3.8, 4) is 0 Å². The van der Waals surface area contributed by atoms with Crippen molar-refractivity contribution < 1.29 is 4.79 Å². The highest BCUT2D eigenvalue weighted by Crippen LogP contribution is 2.22. The molecule has 3 nitrogen and oxygen atoms in total. The highest BCUT2D eigenvalue weighted by molar-refractivity contribution is 5.94. The molecule has 1 aliphatic rings. The molecule has 0 aromatic heterocycles. The van der Waals surface area contributed by atoms with E-state index in [2.05, 4.69) is 37.4 Å². The summed E-state index contributed by atoms with van der Waals surface area (Å²) in [4.78, 5) is 14.0. The van der Waals surface area contributed by atoms with Crippen molar-refractivity contribution in [2.24, 2.45) is 0 Å². The molecule has 1 aromatic carbocycles. The lowest BCUT2D eigenvalue weighted by atomic mass is 10.1. The first kappa shape index (κ1) is 12.1. The zero-order valence-corrected chi connectivity index (χ0v) is 10.6. The Morgan fingerprint density at radius 2 is 2.06 bits per heavy atom. The van der Waals surface area contributed by atoms with Crippen molar-refractivity contribution in [3.05, 3.63) is 29.3 Å². The summed E-state index contributed by atoms with van der Waals surface area (Å²) in [6, 6.07) is 6.28. The average Bonchev–Trinajstić information content (AvgIpc) is 2.26. The van der Waals surface area contributed by atoms with Crippen LogP contribution in [0.15, 0.2) is 18.2 Å². The number of carbonyl (C=O) groups is 1. The van der Waals surface area contributed by atoms with E-state index in [1.165, 1.54) is 11.1 Å². The lowest BCUT2D eigenvalue weighted by Crippen LogP contribution is -2.38. The molecule has 2 rings (SSSR count). The first-order valence-corrected chi connectivity index (χ1v) is 6.27. The molecule has 3 heteroatoms. The summed E-state index contributed by atoms with van der Waals surface area (Å²) in [6.45, 7) is 6.76. The number of carbonyl (C=O) groups excluding carboxylic acids is 1. The van der Waals surface area contributed by atoms with Crippen LogP contribution in [0.1, 0.15) is 24.0 Å². The van der Waals surface area contributed by atoms with Gasteiger partial charge in [0.1, 0.15) is 0 Å². The Bertz CT molecular complexity index is 415. The van der Waals surface area contributed by atoms with E-state index in [9.17, 15) is 4.79 Å². The molecule has 1 fully saturated rings. The molecule has 1 aromatic rings. The smallest absolute Gasteiger partial charge is 0.228 e. The van der Waals surface area contributed by atoms with E-state index in [0.29, 0.717) is 6.42 Å². The van der Waals surface area contributed by atoms with Gasteiger partial charge in [0.05, 0.1) is 0 Å². The summed E-state index contributed by atoms with van der Waals surface area (Å²) in [5, 5.41) is 3.27. The number of benzene rings is 1. The van der Waals surface area contributed by atoms with Crippen LogP contribution in [0.4, 0.5) is 5.69 Å². The second-order valence-electron chi connectivity index (χ2n) is 4.69. The Labute approximate surface area is 103 Å². The second kappa shape index (κ2) is 5.32. The average molecular weight is 232 g/mol. The number of amides is 1. The van der Waals surface area contributed by atoms with Gasteiger partial charge in [0, 0.05) is 25.2 Å². The zero-order valence-electron chi connectivity index (χ0n) is 10.6. The minimum atomic E-state index is 0.226. The third-order valence-corrected chi connectivity index (χ3v) is 3.20. The molecule has 0 bridgehead atoms. The van der Waals surface area contributed by atoms with Gasteiger partial charge in [-0.05, 0) is 38.4 Å². The van der Waals surface area contributed by atoms with Crippen LogP contribution >= 0.6 is 0 Å². The second-order valence-corrected chi connectivity index (χ2v) is 4.69. The maximum absolute atomic E-state index is 12.1. The number of aryl methyl sites for hydroxylation is 2. The standard InChI is InChI=1S/C14H20N2O/c1-11-4-5-13(12(2)10-11)16-9-3-7-15-8-6-14(16)17/h4-5,10,15H,3,6-9H2,1-2H3.